The lowest BCUT2D eigenvalue weighted by molar-refractivity contribution is -0.111. The molecule has 0 fully saturated rings. The Morgan fingerprint density at radius 1 is 1.13 bits per heavy atom. The molecule has 1 aromatic heterocycles. The first-order valence-corrected chi connectivity index (χ1v) is 8.94. The molecule has 0 saturated carbocycles. The number of anilines is 6. The molecule has 3 aromatic rings. The highest BCUT2D eigenvalue weighted by atomic mass is 19.1. The average Bonchev–Trinajstić information content (AvgIpc) is 2.76. The van der Waals surface area contributed by atoms with E-state index < -0.39 is 5.82 Å². The van der Waals surface area contributed by atoms with Crippen LogP contribution in [0.25, 0.3) is 0 Å². The molecular formula is C21H20FN7O. The normalized spacial score (nSPS) is 10.1. The summed E-state index contributed by atoms with van der Waals surface area (Å²) in [5, 5.41) is 19.0. The Morgan fingerprint density at radius 3 is 2.63 bits per heavy atom. The lowest BCUT2D eigenvalue weighted by Crippen LogP contribution is -2.07. The van der Waals surface area contributed by atoms with Crippen LogP contribution in [0.3, 0.4) is 0 Å². The van der Waals surface area contributed by atoms with E-state index in [9.17, 15) is 9.18 Å². The van der Waals surface area contributed by atoms with Crippen LogP contribution < -0.4 is 21.3 Å². The van der Waals surface area contributed by atoms with Crippen LogP contribution in [0, 0.1) is 11.2 Å². The highest BCUT2D eigenvalue weighted by Crippen LogP contribution is 2.24. The number of carbonyl (C=O) groups excluding carboxylic acids is 1. The van der Waals surface area contributed by atoms with E-state index in [-0.39, 0.29) is 17.7 Å². The zero-order valence-electron chi connectivity index (χ0n) is 16.2. The molecule has 0 aliphatic rings. The molecule has 2 aromatic carbocycles. The van der Waals surface area contributed by atoms with Crippen molar-refractivity contribution in [2.45, 2.75) is 0 Å². The summed E-state index contributed by atoms with van der Waals surface area (Å²) in [5.74, 6) is -0.825. The van der Waals surface area contributed by atoms with Gasteiger partial charge in [0.05, 0.1) is 6.20 Å². The fourth-order valence-corrected chi connectivity index (χ4v) is 2.64. The number of aromatic nitrogens is 2. The minimum Gasteiger partial charge on any atom is -0.388 e. The Labute approximate surface area is 172 Å². The Kier molecular flexibility index (Phi) is 6.33. The minimum absolute atomic E-state index is 0.0289. The van der Waals surface area contributed by atoms with E-state index in [1.54, 1.807) is 43.4 Å². The molecule has 0 spiro atoms. The highest BCUT2D eigenvalue weighted by molar-refractivity contribution is 5.99. The van der Waals surface area contributed by atoms with Crippen LogP contribution in [-0.4, -0.2) is 29.1 Å². The third-order valence-electron chi connectivity index (χ3n) is 4.05. The van der Waals surface area contributed by atoms with Gasteiger partial charge in [0, 0.05) is 41.6 Å². The number of nitrogens with one attached hydrogen (secondary N) is 5. The van der Waals surface area contributed by atoms with Crippen LogP contribution in [-0.2, 0) is 4.79 Å². The number of amides is 1. The Hall–Kier alpha value is -4.27. The van der Waals surface area contributed by atoms with Crippen molar-refractivity contribution in [1.82, 2.24) is 9.97 Å². The molecule has 0 saturated heterocycles. The molecule has 0 bridgehead atoms. The second-order valence-corrected chi connectivity index (χ2v) is 6.11. The van der Waals surface area contributed by atoms with Crippen LogP contribution in [0.15, 0.2) is 61.3 Å². The first kappa shape index (κ1) is 20.5. The van der Waals surface area contributed by atoms with Gasteiger partial charge in [0.15, 0.2) is 11.6 Å². The fourth-order valence-electron chi connectivity index (χ4n) is 2.64. The molecule has 9 heteroatoms. The Morgan fingerprint density at radius 2 is 1.90 bits per heavy atom. The monoisotopic (exact) mass is 405 g/mol. The molecular weight excluding hydrogens is 385 g/mol. The van der Waals surface area contributed by atoms with Gasteiger partial charge in [-0.1, -0.05) is 12.6 Å². The average molecular weight is 405 g/mol. The van der Waals surface area contributed by atoms with E-state index in [1.165, 1.54) is 6.21 Å². The fraction of sp³-hybridized carbons (Fsp3) is 0.0476. The van der Waals surface area contributed by atoms with Gasteiger partial charge in [0.2, 0.25) is 11.9 Å². The van der Waals surface area contributed by atoms with Gasteiger partial charge in [0.1, 0.15) is 0 Å². The van der Waals surface area contributed by atoms with Gasteiger partial charge in [-0.2, -0.15) is 4.98 Å². The van der Waals surface area contributed by atoms with Crippen molar-refractivity contribution in [3.05, 3.63) is 72.7 Å². The number of hydrogen-bond donors (Lipinski definition) is 5. The lowest BCUT2D eigenvalue weighted by atomic mass is 10.1. The second kappa shape index (κ2) is 9.28. The van der Waals surface area contributed by atoms with Gasteiger partial charge < -0.3 is 26.7 Å². The quantitative estimate of drug-likeness (QED) is 0.282. The molecule has 1 amide bonds. The Bertz CT molecular complexity index is 1100. The standard InChI is InChI=1S/C21H20FN7O/c1-3-19(30)26-14-5-4-6-15(10-14)27-20-17(22)12-25-21(29-20)28-16-7-8-18(24-2)13(9-16)11-23/h3-12,23-24H,1H2,2H3,(H,26,30)(H2,25,27,28,29). The molecule has 152 valence electrons. The van der Waals surface area contributed by atoms with Crippen LogP contribution in [0.2, 0.25) is 0 Å². The zero-order valence-corrected chi connectivity index (χ0v) is 16.2. The summed E-state index contributed by atoms with van der Waals surface area (Å²) in [4.78, 5) is 19.6. The molecule has 0 unspecified atom stereocenters. The maximum absolute atomic E-state index is 14.2. The highest BCUT2D eigenvalue weighted by Gasteiger charge is 2.09. The van der Waals surface area contributed by atoms with E-state index in [4.69, 9.17) is 5.41 Å². The van der Waals surface area contributed by atoms with Gasteiger partial charge in [-0.3, -0.25) is 4.79 Å². The molecule has 1 heterocycles. The third-order valence-corrected chi connectivity index (χ3v) is 4.05. The van der Waals surface area contributed by atoms with Crippen molar-refractivity contribution in [3.63, 3.8) is 0 Å². The van der Waals surface area contributed by atoms with Crippen molar-refractivity contribution in [2.24, 2.45) is 0 Å². The van der Waals surface area contributed by atoms with E-state index in [2.05, 4.69) is 37.8 Å². The summed E-state index contributed by atoms with van der Waals surface area (Å²) >= 11 is 0. The Balaban J connectivity index is 1.81. The number of nitrogens with zero attached hydrogens (tertiary/aromatic N) is 2. The lowest BCUT2D eigenvalue weighted by Gasteiger charge is -2.12. The number of halogens is 1. The number of rotatable bonds is 8. The summed E-state index contributed by atoms with van der Waals surface area (Å²) < 4.78 is 14.2. The maximum Gasteiger partial charge on any atom is 0.247 e. The predicted molar refractivity (Wildman–Crippen MR) is 118 cm³/mol. The molecule has 0 aliphatic carbocycles. The van der Waals surface area contributed by atoms with E-state index in [1.807, 2.05) is 6.07 Å². The zero-order chi connectivity index (χ0) is 21.5. The molecule has 30 heavy (non-hydrogen) atoms. The number of hydrogen-bond acceptors (Lipinski definition) is 7. The molecule has 3 rings (SSSR count). The van der Waals surface area contributed by atoms with Gasteiger partial charge in [0.25, 0.3) is 0 Å². The number of carbonyl (C=O) groups is 1. The van der Waals surface area contributed by atoms with E-state index >= 15 is 0 Å². The van der Waals surface area contributed by atoms with Crippen LogP contribution >= 0.6 is 0 Å². The summed E-state index contributed by atoms with van der Waals surface area (Å²) in [6.45, 7) is 3.41. The van der Waals surface area contributed by atoms with Crippen molar-refractivity contribution < 1.29 is 9.18 Å². The van der Waals surface area contributed by atoms with Crippen molar-refractivity contribution in [2.75, 3.05) is 28.3 Å². The van der Waals surface area contributed by atoms with E-state index in [0.29, 0.717) is 22.6 Å². The second-order valence-electron chi connectivity index (χ2n) is 6.11. The molecule has 5 N–H and O–H groups in total. The van der Waals surface area contributed by atoms with E-state index in [0.717, 1.165) is 18.0 Å². The van der Waals surface area contributed by atoms with Crippen molar-refractivity contribution in [3.8, 4) is 0 Å². The van der Waals surface area contributed by atoms with Crippen LogP contribution in [0.4, 0.5) is 38.9 Å². The van der Waals surface area contributed by atoms with Gasteiger partial charge in [-0.15, -0.1) is 0 Å². The molecule has 0 radical (unpaired) electrons. The maximum atomic E-state index is 14.2. The summed E-state index contributed by atoms with van der Waals surface area (Å²) in [6, 6.07) is 12.1. The van der Waals surface area contributed by atoms with Crippen LogP contribution in [0.5, 0.6) is 0 Å². The third kappa shape index (κ3) is 4.96. The first-order valence-electron chi connectivity index (χ1n) is 8.94. The van der Waals surface area contributed by atoms with Gasteiger partial charge in [-0.05, 0) is 42.5 Å². The summed E-state index contributed by atoms with van der Waals surface area (Å²) in [7, 11) is 1.77. The SMILES string of the molecule is C=CC(=O)Nc1cccc(Nc2nc(Nc3ccc(NC)c(C=N)c3)ncc2F)c1. The first-order chi connectivity index (χ1) is 14.5. The summed E-state index contributed by atoms with van der Waals surface area (Å²) in [6.07, 6.45) is 3.45. The summed E-state index contributed by atoms with van der Waals surface area (Å²) in [5.41, 5.74) is 3.20. The smallest absolute Gasteiger partial charge is 0.247 e. The predicted octanol–water partition coefficient (Wildman–Crippen LogP) is 4.27. The van der Waals surface area contributed by atoms with Gasteiger partial charge >= 0.3 is 0 Å². The van der Waals surface area contributed by atoms with Crippen molar-refractivity contribution >= 4 is 46.6 Å². The van der Waals surface area contributed by atoms with Gasteiger partial charge in [-0.25, -0.2) is 9.37 Å². The minimum atomic E-state index is -0.633. The molecule has 8 nitrogen and oxygen atoms in total. The molecule has 0 atom stereocenters. The topological polar surface area (TPSA) is 115 Å². The number of benzene rings is 2. The largest absolute Gasteiger partial charge is 0.388 e. The molecule has 0 aliphatic heterocycles. The van der Waals surface area contributed by atoms with Crippen LogP contribution in [0.1, 0.15) is 5.56 Å². The van der Waals surface area contributed by atoms with Crippen molar-refractivity contribution in [1.29, 1.82) is 5.41 Å².